The normalized spacial score (nSPS) is 11.0. The Labute approximate surface area is 102 Å². The first-order valence-corrected chi connectivity index (χ1v) is 5.73. The Morgan fingerprint density at radius 1 is 1.12 bits per heavy atom. The molecule has 0 aliphatic carbocycles. The molecule has 0 saturated heterocycles. The number of carbonyl (C=O) groups excluding carboxylic acids is 2. The quantitative estimate of drug-likeness (QED) is 0.641. The standard InChI is InChI=1S/C14H19NO2/c1-14(2,3)10-15-13(17)9-12(16)11-7-5-4-6-8-11/h4-8H,9-10H2,1-3H3,(H,15,17). The molecule has 0 radical (unpaired) electrons. The molecule has 0 saturated carbocycles. The van der Waals surface area contributed by atoms with Gasteiger partial charge >= 0.3 is 0 Å². The molecule has 0 aliphatic heterocycles. The largest absolute Gasteiger partial charge is 0.355 e. The number of Topliss-reactive ketones (excluding diaryl/α,β-unsaturated/α-hetero) is 1. The minimum atomic E-state index is -0.214. The Kier molecular flexibility index (Phi) is 4.44. The van der Waals surface area contributed by atoms with Gasteiger partial charge in [-0.15, -0.1) is 0 Å². The van der Waals surface area contributed by atoms with Gasteiger partial charge < -0.3 is 5.32 Å². The summed E-state index contributed by atoms with van der Waals surface area (Å²) < 4.78 is 0. The van der Waals surface area contributed by atoms with Crippen LogP contribution in [0.4, 0.5) is 0 Å². The molecule has 0 spiro atoms. The second-order valence-corrected chi connectivity index (χ2v) is 5.30. The summed E-state index contributed by atoms with van der Waals surface area (Å²) in [5.74, 6) is -0.356. The lowest BCUT2D eigenvalue weighted by atomic mass is 9.97. The first kappa shape index (κ1) is 13.4. The van der Waals surface area contributed by atoms with Gasteiger partial charge in [0.15, 0.2) is 5.78 Å². The van der Waals surface area contributed by atoms with Crippen molar-refractivity contribution < 1.29 is 9.59 Å². The van der Waals surface area contributed by atoms with Gasteiger partial charge in [0.2, 0.25) is 5.91 Å². The predicted molar refractivity (Wildman–Crippen MR) is 67.9 cm³/mol. The molecule has 0 fully saturated rings. The first-order chi connectivity index (χ1) is 7.88. The highest BCUT2D eigenvalue weighted by molar-refractivity contribution is 6.07. The molecule has 3 nitrogen and oxygen atoms in total. The maximum absolute atomic E-state index is 11.7. The molecule has 0 unspecified atom stereocenters. The predicted octanol–water partition coefficient (Wildman–Crippen LogP) is 2.42. The Morgan fingerprint density at radius 3 is 2.24 bits per heavy atom. The van der Waals surface area contributed by atoms with Crippen LogP contribution in [0.5, 0.6) is 0 Å². The molecular weight excluding hydrogens is 214 g/mol. The van der Waals surface area contributed by atoms with E-state index < -0.39 is 0 Å². The van der Waals surface area contributed by atoms with Gasteiger partial charge in [-0.2, -0.15) is 0 Å². The SMILES string of the molecule is CC(C)(C)CNC(=O)CC(=O)c1ccccc1. The fourth-order valence-electron chi connectivity index (χ4n) is 1.30. The Hall–Kier alpha value is -1.64. The summed E-state index contributed by atoms with van der Waals surface area (Å²) in [4.78, 5) is 23.3. The zero-order valence-electron chi connectivity index (χ0n) is 10.6. The summed E-state index contributed by atoms with van der Waals surface area (Å²) in [6, 6.07) is 8.87. The maximum Gasteiger partial charge on any atom is 0.227 e. The van der Waals surface area contributed by atoms with Crippen molar-refractivity contribution in [3.63, 3.8) is 0 Å². The lowest BCUT2D eigenvalue weighted by molar-refractivity contribution is -0.120. The Bertz CT molecular complexity index is 390. The van der Waals surface area contributed by atoms with Crippen molar-refractivity contribution in [1.29, 1.82) is 0 Å². The highest BCUT2D eigenvalue weighted by Gasteiger charge is 2.14. The van der Waals surface area contributed by atoms with Crippen molar-refractivity contribution in [2.45, 2.75) is 27.2 Å². The maximum atomic E-state index is 11.7. The van der Waals surface area contributed by atoms with E-state index >= 15 is 0 Å². The van der Waals surface area contributed by atoms with Crippen molar-refractivity contribution >= 4 is 11.7 Å². The molecule has 1 rings (SSSR count). The number of carbonyl (C=O) groups is 2. The van der Waals surface area contributed by atoms with E-state index in [0.717, 1.165) is 0 Å². The van der Waals surface area contributed by atoms with Crippen LogP contribution in [0.25, 0.3) is 0 Å². The smallest absolute Gasteiger partial charge is 0.227 e. The average molecular weight is 233 g/mol. The minimum Gasteiger partial charge on any atom is -0.355 e. The summed E-state index contributed by atoms with van der Waals surface area (Å²) >= 11 is 0. The summed E-state index contributed by atoms with van der Waals surface area (Å²) in [5.41, 5.74) is 0.615. The molecular formula is C14H19NO2. The van der Waals surface area contributed by atoms with Crippen LogP contribution < -0.4 is 5.32 Å². The van der Waals surface area contributed by atoms with Gasteiger partial charge in [0.05, 0.1) is 6.42 Å². The van der Waals surface area contributed by atoms with E-state index in [4.69, 9.17) is 0 Å². The van der Waals surface area contributed by atoms with Gasteiger partial charge in [-0.05, 0) is 5.41 Å². The topological polar surface area (TPSA) is 46.2 Å². The van der Waals surface area contributed by atoms with Crippen LogP contribution in [0.3, 0.4) is 0 Å². The summed E-state index contributed by atoms with van der Waals surface area (Å²) in [6.07, 6.45) is -0.0832. The number of ketones is 1. The molecule has 3 heteroatoms. The third-order valence-corrected chi connectivity index (χ3v) is 2.23. The van der Waals surface area contributed by atoms with E-state index in [2.05, 4.69) is 5.32 Å². The van der Waals surface area contributed by atoms with Crippen LogP contribution in [0.2, 0.25) is 0 Å². The van der Waals surface area contributed by atoms with Crippen LogP contribution in [-0.2, 0) is 4.79 Å². The lowest BCUT2D eigenvalue weighted by Gasteiger charge is -2.18. The number of rotatable bonds is 4. The third-order valence-electron chi connectivity index (χ3n) is 2.23. The number of hydrogen-bond donors (Lipinski definition) is 1. The van der Waals surface area contributed by atoms with E-state index in [1.54, 1.807) is 24.3 Å². The molecule has 1 N–H and O–H groups in total. The van der Waals surface area contributed by atoms with Gasteiger partial charge in [-0.1, -0.05) is 51.1 Å². The minimum absolute atomic E-state index is 0.0332. The summed E-state index contributed by atoms with van der Waals surface area (Å²) in [5, 5.41) is 2.76. The van der Waals surface area contributed by atoms with Crippen LogP contribution >= 0.6 is 0 Å². The molecule has 0 heterocycles. The lowest BCUT2D eigenvalue weighted by Crippen LogP contribution is -2.33. The molecule has 0 atom stereocenters. The third kappa shape index (κ3) is 5.29. The molecule has 1 aromatic carbocycles. The molecule has 0 aliphatic rings. The molecule has 1 aromatic rings. The van der Waals surface area contributed by atoms with E-state index in [1.165, 1.54) is 0 Å². The molecule has 0 bridgehead atoms. The second-order valence-electron chi connectivity index (χ2n) is 5.30. The first-order valence-electron chi connectivity index (χ1n) is 5.73. The van der Waals surface area contributed by atoms with Crippen LogP contribution in [0.1, 0.15) is 37.6 Å². The van der Waals surface area contributed by atoms with E-state index in [-0.39, 0.29) is 23.5 Å². The average Bonchev–Trinajstić information content (AvgIpc) is 2.27. The number of amides is 1. The van der Waals surface area contributed by atoms with Crippen molar-refractivity contribution in [3.05, 3.63) is 35.9 Å². The highest BCUT2D eigenvalue weighted by Crippen LogP contribution is 2.10. The van der Waals surface area contributed by atoms with Crippen LogP contribution in [-0.4, -0.2) is 18.2 Å². The number of nitrogens with one attached hydrogen (secondary N) is 1. The van der Waals surface area contributed by atoms with E-state index in [9.17, 15) is 9.59 Å². The zero-order chi connectivity index (χ0) is 12.9. The molecule has 17 heavy (non-hydrogen) atoms. The summed E-state index contributed by atoms with van der Waals surface area (Å²) in [6.45, 7) is 6.68. The zero-order valence-corrected chi connectivity index (χ0v) is 10.6. The van der Waals surface area contributed by atoms with E-state index in [1.807, 2.05) is 26.8 Å². The van der Waals surface area contributed by atoms with Crippen molar-refractivity contribution in [1.82, 2.24) is 5.32 Å². The van der Waals surface area contributed by atoms with Gasteiger partial charge in [0.1, 0.15) is 0 Å². The Morgan fingerprint density at radius 2 is 1.71 bits per heavy atom. The molecule has 1 amide bonds. The Balaban J connectivity index is 2.45. The van der Waals surface area contributed by atoms with Gasteiger partial charge in [-0.25, -0.2) is 0 Å². The van der Waals surface area contributed by atoms with Crippen molar-refractivity contribution in [2.24, 2.45) is 5.41 Å². The van der Waals surface area contributed by atoms with Gasteiger partial charge in [-0.3, -0.25) is 9.59 Å². The van der Waals surface area contributed by atoms with Crippen LogP contribution in [0, 0.1) is 5.41 Å². The van der Waals surface area contributed by atoms with Gasteiger partial charge in [0, 0.05) is 12.1 Å². The van der Waals surface area contributed by atoms with Gasteiger partial charge in [0.25, 0.3) is 0 Å². The fraction of sp³-hybridized carbons (Fsp3) is 0.429. The fourth-order valence-corrected chi connectivity index (χ4v) is 1.30. The van der Waals surface area contributed by atoms with Crippen LogP contribution in [0.15, 0.2) is 30.3 Å². The monoisotopic (exact) mass is 233 g/mol. The second kappa shape index (κ2) is 5.62. The number of benzene rings is 1. The highest BCUT2D eigenvalue weighted by atomic mass is 16.2. The molecule has 0 aromatic heterocycles. The van der Waals surface area contributed by atoms with E-state index in [0.29, 0.717) is 12.1 Å². The summed E-state index contributed by atoms with van der Waals surface area (Å²) in [7, 11) is 0. The van der Waals surface area contributed by atoms with Crippen molar-refractivity contribution in [3.8, 4) is 0 Å². The number of hydrogen-bond acceptors (Lipinski definition) is 2. The van der Waals surface area contributed by atoms with Crippen molar-refractivity contribution in [2.75, 3.05) is 6.54 Å². The molecule has 92 valence electrons.